The molecule has 2 unspecified atom stereocenters. The van der Waals surface area contributed by atoms with E-state index in [-0.39, 0.29) is 17.9 Å². The minimum atomic E-state index is -4.48. The highest BCUT2D eigenvalue weighted by Gasteiger charge is 2.46. The Morgan fingerprint density at radius 1 is 1.13 bits per heavy atom. The van der Waals surface area contributed by atoms with Gasteiger partial charge in [-0.1, -0.05) is 60.7 Å². The Bertz CT molecular complexity index is 1020. The number of aromatic nitrogens is 2. The van der Waals surface area contributed by atoms with Crippen LogP contribution in [-0.4, -0.2) is 33.8 Å². The second-order valence-electron chi connectivity index (χ2n) is 7.41. The molecule has 0 bridgehead atoms. The number of benzene rings is 2. The van der Waals surface area contributed by atoms with Gasteiger partial charge < -0.3 is 10.2 Å². The molecule has 0 aliphatic carbocycles. The first-order valence-corrected chi connectivity index (χ1v) is 9.60. The van der Waals surface area contributed by atoms with Crippen LogP contribution < -0.4 is 5.32 Å². The van der Waals surface area contributed by atoms with E-state index >= 15 is 0 Å². The number of hydrogen-bond acceptors (Lipinski definition) is 3. The molecule has 4 rings (SSSR count). The summed E-state index contributed by atoms with van der Waals surface area (Å²) in [6.07, 6.45) is -4.68. The molecule has 1 amide bonds. The predicted octanol–water partition coefficient (Wildman–Crippen LogP) is 4.82. The number of anilines is 1. The maximum atomic E-state index is 13.8. The van der Waals surface area contributed by atoms with E-state index in [1.54, 1.807) is 31.3 Å². The lowest BCUT2D eigenvalue weighted by molar-refractivity contribution is -0.173. The van der Waals surface area contributed by atoms with Crippen molar-refractivity contribution in [2.24, 2.45) is 0 Å². The second-order valence-corrected chi connectivity index (χ2v) is 7.41. The predicted molar refractivity (Wildman–Crippen MR) is 107 cm³/mol. The molecule has 5 nitrogen and oxygen atoms in total. The number of nitrogens with one attached hydrogen (secondary N) is 1. The monoisotopic (exact) mass is 414 g/mol. The fourth-order valence-corrected chi connectivity index (χ4v) is 3.71. The van der Waals surface area contributed by atoms with Gasteiger partial charge in [-0.25, -0.2) is 4.68 Å². The topological polar surface area (TPSA) is 50.2 Å². The highest BCUT2D eigenvalue weighted by molar-refractivity contribution is 5.93. The first-order chi connectivity index (χ1) is 14.3. The minimum absolute atomic E-state index is 0.0149. The van der Waals surface area contributed by atoms with E-state index in [9.17, 15) is 18.0 Å². The van der Waals surface area contributed by atoms with E-state index in [1.807, 2.05) is 36.4 Å². The molecule has 1 aliphatic heterocycles. The van der Waals surface area contributed by atoms with Gasteiger partial charge in [0.05, 0.1) is 6.04 Å². The average Bonchev–Trinajstić information content (AvgIpc) is 3.17. The Hall–Kier alpha value is -3.29. The van der Waals surface area contributed by atoms with E-state index < -0.39 is 24.2 Å². The number of alkyl halides is 3. The highest BCUT2D eigenvalue weighted by atomic mass is 19.4. The standard InChI is InChI=1S/C22H21F3N4O/c1-28(14-15-8-4-2-5-9-15)21(30)18-13-20-26-17(16-10-6-3-7-11-16)12-19(22(23,24)25)29(20)27-18/h2-11,13,17,19,26H,12,14H2,1H3. The van der Waals surface area contributed by atoms with Crippen molar-refractivity contribution in [1.29, 1.82) is 0 Å². The summed E-state index contributed by atoms with van der Waals surface area (Å²) in [4.78, 5) is 14.3. The minimum Gasteiger partial charge on any atom is -0.363 e. The summed E-state index contributed by atoms with van der Waals surface area (Å²) >= 11 is 0. The van der Waals surface area contributed by atoms with E-state index in [2.05, 4.69) is 10.4 Å². The van der Waals surface area contributed by atoms with Crippen molar-refractivity contribution in [2.75, 3.05) is 12.4 Å². The first-order valence-electron chi connectivity index (χ1n) is 9.60. The van der Waals surface area contributed by atoms with Gasteiger partial charge in [-0.15, -0.1) is 0 Å². The normalized spacial score (nSPS) is 18.4. The lowest BCUT2D eigenvalue weighted by atomic mass is 9.97. The SMILES string of the molecule is CN(Cc1ccccc1)C(=O)c1cc2n(n1)C(C(F)(F)F)CC(c1ccccc1)N2. The first kappa shape index (κ1) is 20.0. The fraction of sp³-hybridized carbons (Fsp3) is 0.273. The molecule has 1 N–H and O–H groups in total. The maximum absolute atomic E-state index is 13.8. The molecule has 8 heteroatoms. The molecule has 156 valence electrons. The van der Waals surface area contributed by atoms with Gasteiger partial charge >= 0.3 is 6.18 Å². The number of fused-ring (bicyclic) bond motifs is 1. The van der Waals surface area contributed by atoms with Gasteiger partial charge in [0.1, 0.15) is 5.82 Å². The summed E-state index contributed by atoms with van der Waals surface area (Å²) in [5.74, 6) is -0.242. The van der Waals surface area contributed by atoms with Crippen LogP contribution in [0.25, 0.3) is 0 Å². The smallest absolute Gasteiger partial charge is 0.363 e. The summed E-state index contributed by atoms with van der Waals surface area (Å²) in [5.41, 5.74) is 1.67. The van der Waals surface area contributed by atoms with Crippen LogP contribution in [0, 0.1) is 0 Å². The van der Waals surface area contributed by atoms with Gasteiger partial charge in [0.25, 0.3) is 5.91 Å². The molecule has 0 spiro atoms. The van der Waals surface area contributed by atoms with E-state index in [4.69, 9.17) is 0 Å². The molecule has 0 radical (unpaired) electrons. The molecule has 0 fully saturated rings. The maximum Gasteiger partial charge on any atom is 0.410 e. The van der Waals surface area contributed by atoms with E-state index in [0.29, 0.717) is 6.54 Å². The third kappa shape index (κ3) is 4.03. The van der Waals surface area contributed by atoms with Gasteiger partial charge in [-0.05, 0) is 11.1 Å². The van der Waals surface area contributed by atoms with Crippen molar-refractivity contribution in [1.82, 2.24) is 14.7 Å². The average molecular weight is 414 g/mol. The van der Waals surface area contributed by atoms with Gasteiger partial charge in [0.2, 0.25) is 0 Å². The van der Waals surface area contributed by atoms with Crippen LogP contribution in [0.1, 0.15) is 40.1 Å². The second kappa shape index (κ2) is 7.85. The number of carbonyl (C=O) groups excluding carboxylic acids is 1. The van der Waals surface area contributed by atoms with Crippen LogP contribution in [0.3, 0.4) is 0 Å². The fourth-order valence-electron chi connectivity index (χ4n) is 3.71. The van der Waals surface area contributed by atoms with Crippen molar-refractivity contribution in [3.63, 3.8) is 0 Å². The van der Waals surface area contributed by atoms with Crippen LogP contribution in [0.4, 0.5) is 19.0 Å². The van der Waals surface area contributed by atoms with Crippen molar-refractivity contribution in [3.05, 3.63) is 83.6 Å². The Labute approximate surface area is 172 Å². The molecule has 30 heavy (non-hydrogen) atoms. The summed E-state index contributed by atoms with van der Waals surface area (Å²) in [5, 5.41) is 7.14. The van der Waals surface area contributed by atoms with Crippen molar-refractivity contribution < 1.29 is 18.0 Å². The van der Waals surface area contributed by atoms with Crippen LogP contribution in [0.15, 0.2) is 66.7 Å². The summed E-state index contributed by atoms with van der Waals surface area (Å²) in [6.45, 7) is 0.338. The molecule has 3 aromatic rings. The van der Waals surface area contributed by atoms with E-state index in [0.717, 1.165) is 15.8 Å². The number of rotatable bonds is 4. The third-order valence-corrected chi connectivity index (χ3v) is 5.22. The zero-order valence-electron chi connectivity index (χ0n) is 16.3. The number of carbonyl (C=O) groups is 1. The number of halogens is 3. The lowest BCUT2D eigenvalue weighted by Crippen LogP contribution is -2.35. The summed E-state index contributed by atoms with van der Waals surface area (Å²) in [7, 11) is 1.61. The molecule has 2 aromatic carbocycles. The zero-order valence-corrected chi connectivity index (χ0v) is 16.3. The molecule has 1 aromatic heterocycles. The van der Waals surface area contributed by atoms with Crippen LogP contribution in [0.2, 0.25) is 0 Å². The Balaban J connectivity index is 1.61. The Morgan fingerprint density at radius 2 is 1.77 bits per heavy atom. The van der Waals surface area contributed by atoms with Crippen molar-refractivity contribution >= 4 is 11.7 Å². The zero-order chi connectivity index (χ0) is 21.3. The Kier molecular flexibility index (Phi) is 5.24. The molecule has 0 saturated carbocycles. The largest absolute Gasteiger partial charge is 0.410 e. The number of amides is 1. The van der Waals surface area contributed by atoms with Gasteiger partial charge in [0.15, 0.2) is 11.7 Å². The number of nitrogens with zero attached hydrogens (tertiary/aromatic N) is 3. The molecule has 1 aliphatic rings. The van der Waals surface area contributed by atoms with Crippen LogP contribution in [-0.2, 0) is 6.54 Å². The van der Waals surface area contributed by atoms with Crippen molar-refractivity contribution in [2.45, 2.75) is 31.2 Å². The third-order valence-electron chi connectivity index (χ3n) is 5.22. The van der Waals surface area contributed by atoms with Crippen LogP contribution >= 0.6 is 0 Å². The highest BCUT2D eigenvalue weighted by Crippen LogP contribution is 2.43. The Morgan fingerprint density at radius 3 is 2.40 bits per heavy atom. The molecule has 2 heterocycles. The molecular formula is C22H21F3N4O. The van der Waals surface area contributed by atoms with Gasteiger partial charge in [0, 0.05) is 26.1 Å². The summed E-state index contributed by atoms with van der Waals surface area (Å²) in [6, 6.07) is 17.4. The number of hydrogen-bond donors (Lipinski definition) is 1. The lowest BCUT2D eigenvalue weighted by Gasteiger charge is -2.33. The summed E-state index contributed by atoms with van der Waals surface area (Å²) < 4.78 is 42.2. The quantitative estimate of drug-likeness (QED) is 0.666. The van der Waals surface area contributed by atoms with Crippen molar-refractivity contribution in [3.8, 4) is 0 Å². The molecule has 0 saturated heterocycles. The van der Waals surface area contributed by atoms with Crippen LogP contribution in [0.5, 0.6) is 0 Å². The molecule has 2 atom stereocenters. The molecular weight excluding hydrogens is 393 g/mol. The van der Waals surface area contributed by atoms with E-state index in [1.165, 1.54) is 11.0 Å². The van der Waals surface area contributed by atoms with Gasteiger partial charge in [-0.2, -0.15) is 18.3 Å². The van der Waals surface area contributed by atoms with Gasteiger partial charge in [-0.3, -0.25) is 4.79 Å².